The van der Waals surface area contributed by atoms with Crippen LogP contribution in [-0.4, -0.2) is 12.4 Å². The monoisotopic (exact) mass is 288 g/mol. The maximum atomic E-state index is 13.2. The van der Waals surface area contributed by atoms with Crippen LogP contribution in [0.1, 0.15) is 26.2 Å². The Labute approximate surface area is 103 Å². The van der Waals surface area contributed by atoms with Crippen LogP contribution in [-0.2, 0) is 4.79 Å². The minimum absolute atomic E-state index is 0.207. The van der Waals surface area contributed by atoms with E-state index in [0.717, 1.165) is 4.47 Å². The maximum Gasteiger partial charge on any atom is 0.165 e. The molecule has 16 heavy (non-hydrogen) atoms. The number of halogens is 2. The second kappa shape index (κ2) is 6.63. The molecule has 1 aromatic carbocycles. The molecule has 0 atom stereocenters. The molecule has 0 saturated heterocycles. The Morgan fingerprint density at radius 1 is 1.50 bits per heavy atom. The lowest BCUT2D eigenvalue weighted by Gasteiger charge is -2.06. The minimum atomic E-state index is -0.384. The molecular weight excluding hydrogens is 275 g/mol. The summed E-state index contributed by atoms with van der Waals surface area (Å²) in [6.07, 6.45) is 1.66. The van der Waals surface area contributed by atoms with Crippen molar-refractivity contribution in [1.82, 2.24) is 0 Å². The van der Waals surface area contributed by atoms with Crippen LogP contribution in [0.2, 0.25) is 0 Å². The quantitative estimate of drug-likeness (QED) is 0.746. The van der Waals surface area contributed by atoms with Crippen molar-refractivity contribution in [3.63, 3.8) is 0 Å². The predicted octanol–water partition coefficient (Wildman–Crippen LogP) is 3.73. The smallest absolute Gasteiger partial charge is 0.165 e. The van der Waals surface area contributed by atoms with Gasteiger partial charge in [-0.05, 0) is 24.6 Å². The van der Waals surface area contributed by atoms with E-state index < -0.39 is 0 Å². The van der Waals surface area contributed by atoms with Gasteiger partial charge in [0.1, 0.15) is 5.78 Å². The number of Topliss-reactive ketones (excluding diaryl/α,β-unsaturated/α-hetero) is 1. The third-order valence-electron chi connectivity index (χ3n) is 2.15. The minimum Gasteiger partial charge on any atom is -0.490 e. The number of hydrogen-bond acceptors (Lipinski definition) is 2. The van der Waals surface area contributed by atoms with Crippen molar-refractivity contribution in [2.24, 2.45) is 0 Å². The van der Waals surface area contributed by atoms with Crippen molar-refractivity contribution < 1.29 is 13.9 Å². The molecule has 0 spiro atoms. The number of ether oxygens (including phenoxy) is 1. The van der Waals surface area contributed by atoms with Gasteiger partial charge in [0, 0.05) is 17.3 Å². The van der Waals surface area contributed by atoms with Crippen molar-refractivity contribution in [3.8, 4) is 5.75 Å². The first kappa shape index (κ1) is 13.2. The Bertz CT molecular complexity index is 366. The summed E-state index contributed by atoms with van der Waals surface area (Å²) in [6, 6.07) is 4.54. The molecule has 0 aliphatic rings. The Balaban J connectivity index is 2.37. The molecule has 0 unspecified atom stereocenters. The zero-order valence-corrected chi connectivity index (χ0v) is 10.7. The zero-order valence-electron chi connectivity index (χ0n) is 9.13. The molecule has 0 amide bonds. The van der Waals surface area contributed by atoms with Gasteiger partial charge >= 0.3 is 0 Å². The third-order valence-corrected chi connectivity index (χ3v) is 2.64. The largest absolute Gasteiger partial charge is 0.490 e. The van der Waals surface area contributed by atoms with Gasteiger partial charge in [-0.25, -0.2) is 4.39 Å². The molecule has 88 valence electrons. The predicted molar refractivity (Wildman–Crippen MR) is 64.1 cm³/mol. The average molecular weight is 289 g/mol. The summed E-state index contributed by atoms with van der Waals surface area (Å²) in [4.78, 5) is 11.0. The van der Waals surface area contributed by atoms with Crippen LogP contribution in [0.4, 0.5) is 4.39 Å². The summed E-state index contributed by atoms with van der Waals surface area (Å²) in [5, 5.41) is 0. The van der Waals surface area contributed by atoms with Crippen molar-refractivity contribution in [3.05, 3.63) is 28.5 Å². The Hall–Kier alpha value is -0.900. The molecule has 0 radical (unpaired) electrons. The number of ketones is 1. The second-order valence-corrected chi connectivity index (χ2v) is 4.33. The SMILES string of the molecule is CCC(=O)CCCOc1cc(Br)ccc1F. The van der Waals surface area contributed by atoms with Gasteiger partial charge in [0.25, 0.3) is 0 Å². The van der Waals surface area contributed by atoms with E-state index in [9.17, 15) is 9.18 Å². The normalized spacial score (nSPS) is 10.2. The second-order valence-electron chi connectivity index (χ2n) is 3.42. The molecule has 0 aliphatic carbocycles. The Kier molecular flexibility index (Phi) is 5.46. The van der Waals surface area contributed by atoms with Crippen LogP contribution in [0.25, 0.3) is 0 Å². The zero-order chi connectivity index (χ0) is 12.0. The van der Waals surface area contributed by atoms with Crippen LogP contribution in [0.15, 0.2) is 22.7 Å². The molecule has 4 heteroatoms. The van der Waals surface area contributed by atoms with Crippen LogP contribution < -0.4 is 4.74 Å². The summed E-state index contributed by atoms with van der Waals surface area (Å²) in [5.41, 5.74) is 0. The van der Waals surface area contributed by atoms with Gasteiger partial charge in [-0.2, -0.15) is 0 Å². The molecule has 1 aromatic rings. The van der Waals surface area contributed by atoms with E-state index >= 15 is 0 Å². The topological polar surface area (TPSA) is 26.3 Å². The molecule has 0 aliphatic heterocycles. The summed E-state index contributed by atoms with van der Waals surface area (Å²) in [5.74, 6) is 0.0432. The first-order chi connectivity index (χ1) is 7.63. The number of carbonyl (C=O) groups is 1. The van der Waals surface area contributed by atoms with Gasteiger partial charge in [-0.1, -0.05) is 22.9 Å². The molecule has 0 fully saturated rings. The van der Waals surface area contributed by atoms with E-state index in [4.69, 9.17) is 4.74 Å². The first-order valence-corrected chi connectivity index (χ1v) is 6.02. The molecule has 0 aromatic heterocycles. The van der Waals surface area contributed by atoms with E-state index in [2.05, 4.69) is 15.9 Å². The molecule has 0 heterocycles. The fourth-order valence-corrected chi connectivity index (χ4v) is 1.56. The molecule has 0 bridgehead atoms. The van der Waals surface area contributed by atoms with E-state index in [1.165, 1.54) is 6.07 Å². The highest BCUT2D eigenvalue weighted by Gasteiger charge is 2.04. The van der Waals surface area contributed by atoms with Crippen LogP contribution in [0.3, 0.4) is 0 Å². The summed E-state index contributed by atoms with van der Waals surface area (Å²) >= 11 is 3.24. The lowest BCUT2D eigenvalue weighted by atomic mass is 10.2. The van der Waals surface area contributed by atoms with Crippen LogP contribution >= 0.6 is 15.9 Å². The van der Waals surface area contributed by atoms with Crippen molar-refractivity contribution in [2.45, 2.75) is 26.2 Å². The molecular formula is C12H14BrFO2. The lowest BCUT2D eigenvalue weighted by molar-refractivity contribution is -0.118. The van der Waals surface area contributed by atoms with E-state index in [1.807, 2.05) is 6.92 Å². The van der Waals surface area contributed by atoms with Crippen molar-refractivity contribution >= 4 is 21.7 Å². The highest BCUT2D eigenvalue weighted by Crippen LogP contribution is 2.22. The van der Waals surface area contributed by atoms with E-state index in [0.29, 0.717) is 25.9 Å². The highest BCUT2D eigenvalue weighted by atomic mass is 79.9. The summed E-state index contributed by atoms with van der Waals surface area (Å²) < 4.78 is 19.2. The van der Waals surface area contributed by atoms with Crippen LogP contribution in [0, 0.1) is 5.82 Å². The molecule has 1 rings (SSSR count). The highest BCUT2D eigenvalue weighted by molar-refractivity contribution is 9.10. The fourth-order valence-electron chi connectivity index (χ4n) is 1.22. The molecule has 0 N–H and O–H groups in total. The standard InChI is InChI=1S/C12H14BrFO2/c1-2-10(15)4-3-7-16-12-8-9(13)5-6-11(12)14/h5-6,8H,2-4,7H2,1H3. The lowest BCUT2D eigenvalue weighted by Crippen LogP contribution is -2.03. The maximum absolute atomic E-state index is 13.2. The van der Waals surface area contributed by atoms with Gasteiger partial charge in [0.2, 0.25) is 0 Å². The molecule has 2 nitrogen and oxygen atoms in total. The van der Waals surface area contributed by atoms with Crippen molar-refractivity contribution in [2.75, 3.05) is 6.61 Å². The van der Waals surface area contributed by atoms with Gasteiger partial charge in [0.15, 0.2) is 11.6 Å². The van der Waals surface area contributed by atoms with Gasteiger partial charge < -0.3 is 4.74 Å². The Morgan fingerprint density at radius 2 is 2.25 bits per heavy atom. The van der Waals surface area contributed by atoms with E-state index in [-0.39, 0.29) is 17.3 Å². The van der Waals surface area contributed by atoms with Crippen molar-refractivity contribution in [1.29, 1.82) is 0 Å². The van der Waals surface area contributed by atoms with Gasteiger partial charge in [-0.15, -0.1) is 0 Å². The fraction of sp³-hybridized carbons (Fsp3) is 0.417. The van der Waals surface area contributed by atoms with E-state index in [1.54, 1.807) is 12.1 Å². The number of hydrogen-bond donors (Lipinski definition) is 0. The molecule has 0 saturated carbocycles. The number of rotatable bonds is 6. The van der Waals surface area contributed by atoms with Crippen LogP contribution in [0.5, 0.6) is 5.75 Å². The average Bonchev–Trinajstić information content (AvgIpc) is 2.28. The summed E-state index contributed by atoms with van der Waals surface area (Å²) in [6.45, 7) is 2.19. The number of benzene rings is 1. The summed E-state index contributed by atoms with van der Waals surface area (Å²) in [7, 11) is 0. The van der Waals surface area contributed by atoms with Gasteiger partial charge in [-0.3, -0.25) is 4.79 Å². The Morgan fingerprint density at radius 3 is 2.94 bits per heavy atom. The first-order valence-electron chi connectivity index (χ1n) is 5.23. The third kappa shape index (κ3) is 4.31. The van der Waals surface area contributed by atoms with Gasteiger partial charge in [0.05, 0.1) is 6.61 Å². The number of carbonyl (C=O) groups excluding carboxylic acids is 1.